The highest BCUT2D eigenvalue weighted by Crippen LogP contribution is 2.38. The fourth-order valence-electron chi connectivity index (χ4n) is 4.17. The number of aromatic nitrogens is 2. The van der Waals surface area contributed by atoms with Crippen molar-refractivity contribution in [2.45, 2.75) is 43.7 Å². The lowest BCUT2D eigenvalue weighted by Gasteiger charge is -2.31. The molecule has 1 aromatic heterocycles. The molecular formula is C24H24ClF2N3O5S. The average Bonchev–Trinajstić information content (AvgIpc) is 3.24. The second-order valence-electron chi connectivity index (χ2n) is 8.21. The summed E-state index contributed by atoms with van der Waals surface area (Å²) in [5.41, 5.74) is 1.53. The van der Waals surface area contributed by atoms with Gasteiger partial charge in [0.25, 0.3) is 0 Å². The molecule has 0 radical (unpaired) electrons. The Balaban J connectivity index is 1.57. The van der Waals surface area contributed by atoms with Crippen molar-refractivity contribution in [2.24, 2.45) is 0 Å². The third-order valence-corrected chi connectivity index (χ3v) is 8.11. The van der Waals surface area contributed by atoms with E-state index in [-0.39, 0.29) is 34.6 Å². The van der Waals surface area contributed by atoms with Gasteiger partial charge < -0.3 is 9.47 Å². The second kappa shape index (κ2) is 10.5. The molecule has 4 rings (SSSR count). The molecular weight excluding hydrogens is 516 g/mol. The van der Waals surface area contributed by atoms with Crippen molar-refractivity contribution in [1.82, 2.24) is 14.1 Å². The number of hydrogen-bond acceptors (Lipinski definition) is 6. The van der Waals surface area contributed by atoms with Crippen molar-refractivity contribution in [1.29, 1.82) is 0 Å². The maximum absolute atomic E-state index is 13.9. The molecule has 0 fully saturated rings. The van der Waals surface area contributed by atoms with Crippen molar-refractivity contribution < 1.29 is 31.5 Å². The van der Waals surface area contributed by atoms with Gasteiger partial charge in [-0.1, -0.05) is 11.6 Å². The van der Waals surface area contributed by atoms with E-state index in [4.69, 9.17) is 21.1 Å². The monoisotopic (exact) mass is 539 g/mol. The van der Waals surface area contributed by atoms with Crippen molar-refractivity contribution in [3.8, 4) is 11.5 Å². The summed E-state index contributed by atoms with van der Waals surface area (Å²) in [6, 6.07) is 6.17. The third kappa shape index (κ3) is 5.23. The first kappa shape index (κ1) is 26.1. The molecule has 1 atom stereocenters. The molecule has 0 aliphatic heterocycles. The van der Waals surface area contributed by atoms with Crippen molar-refractivity contribution in [2.75, 3.05) is 13.7 Å². The van der Waals surface area contributed by atoms with Gasteiger partial charge in [-0.2, -0.15) is 9.40 Å². The quantitative estimate of drug-likeness (QED) is 0.379. The topological polar surface area (TPSA) is 90.7 Å². The van der Waals surface area contributed by atoms with Crippen molar-refractivity contribution >= 4 is 27.6 Å². The molecule has 0 saturated carbocycles. The Bertz CT molecular complexity index is 1400. The lowest BCUT2D eigenvalue weighted by atomic mass is 9.93. The van der Waals surface area contributed by atoms with E-state index in [9.17, 15) is 22.0 Å². The predicted octanol–water partition coefficient (Wildman–Crippen LogP) is 4.87. The molecule has 1 aliphatic carbocycles. The minimum Gasteiger partial charge on any atom is -0.465 e. The molecule has 0 amide bonds. The summed E-state index contributed by atoms with van der Waals surface area (Å²) in [5.74, 6) is -2.32. The van der Waals surface area contributed by atoms with E-state index >= 15 is 0 Å². The Morgan fingerprint density at radius 1 is 1.22 bits per heavy atom. The molecule has 1 heterocycles. The summed E-state index contributed by atoms with van der Waals surface area (Å²) in [6.07, 6.45) is 3.54. The summed E-state index contributed by atoms with van der Waals surface area (Å²) < 4.78 is 67.2. The zero-order valence-electron chi connectivity index (χ0n) is 19.6. The molecule has 192 valence electrons. The van der Waals surface area contributed by atoms with Gasteiger partial charge in [0.1, 0.15) is 18.1 Å². The Kier molecular flexibility index (Phi) is 7.62. The van der Waals surface area contributed by atoms with Crippen LogP contribution in [0.2, 0.25) is 5.02 Å². The van der Waals surface area contributed by atoms with Gasteiger partial charge in [0, 0.05) is 24.4 Å². The number of ether oxygens (including phenoxy) is 2. The van der Waals surface area contributed by atoms with Crippen LogP contribution in [0.25, 0.3) is 0 Å². The Labute approximate surface area is 212 Å². The van der Waals surface area contributed by atoms with E-state index < -0.39 is 33.7 Å². The summed E-state index contributed by atoms with van der Waals surface area (Å²) in [5, 5.41) is 4.23. The van der Waals surface area contributed by atoms with Crippen LogP contribution >= 0.6 is 11.6 Å². The molecule has 0 unspecified atom stereocenters. The van der Waals surface area contributed by atoms with Crippen molar-refractivity contribution in [3.63, 3.8) is 0 Å². The number of carbonyl (C=O) groups excluding carboxylic acids is 1. The highest BCUT2D eigenvalue weighted by molar-refractivity contribution is 7.89. The maximum atomic E-state index is 13.9. The Morgan fingerprint density at radius 3 is 2.67 bits per heavy atom. The van der Waals surface area contributed by atoms with Gasteiger partial charge in [-0.05, 0) is 56.5 Å². The predicted molar refractivity (Wildman–Crippen MR) is 127 cm³/mol. The fourth-order valence-corrected chi connectivity index (χ4v) is 5.85. The Hall–Kier alpha value is -3.02. The number of halogens is 3. The molecule has 1 aliphatic rings. The van der Waals surface area contributed by atoms with E-state index in [0.717, 1.165) is 23.4 Å². The number of rotatable bonds is 8. The molecule has 8 nitrogen and oxygen atoms in total. The van der Waals surface area contributed by atoms with E-state index in [2.05, 4.69) is 5.10 Å². The third-order valence-electron chi connectivity index (χ3n) is 5.95. The zero-order valence-corrected chi connectivity index (χ0v) is 21.2. The van der Waals surface area contributed by atoms with E-state index in [1.165, 1.54) is 29.6 Å². The maximum Gasteiger partial charge on any atom is 0.327 e. The summed E-state index contributed by atoms with van der Waals surface area (Å²) in [7, 11) is -2.51. The number of hydrogen-bond donors (Lipinski definition) is 0. The molecule has 0 N–H and O–H groups in total. The van der Waals surface area contributed by atoms with Gasteiger partial charge in [0.05, 0.1) is 28.8 Å². The van der Waals surface area contributed by atoms with Gasteiger partial charge in [0.2, 0.25) is 10.0 Å². The normalized spacial score (nSPS) is 15.6. The lowest BCUT2D eigenvalue weighted by molar-refractivity contribution is -0.144. The van der Waals surface area contributed by atoms with Crippen LogP contribution in [0.3, 0.4) is 0 Å². The SMILES string of the molecule is CCOC(=O)Cn1ncc2c1CCC[C@H]2N(C)S(=O)(=O)c1ccc(Oc2ccc(F)cc2F)c(Cl)c1. The number of benzene rings is 2. The smallest absolute Gasteiger partial charge is 0.327 e. The fraction of sp³-hybridized carbons (Fsp3) is 0.333. The summed E-state index contributed by atoms with van der Waals surface area (Å²) >= 11 is 6.26. The number of sulfonamides is 1. The first-order valence-corrected chi connectivity index (χ1v) is 13.0. The minimum atomic E-state index is -3.99. The molecule has 3 aromatic rings. The molecule has 0 bridgehead atoms. The number of carbonyl (C=O) groups is 1. The summed E-state index contributed by atoms with van der Waals surface area (Å²) in [4.78, 5) is 11.8. The Morgan fingerprint density at radius 2 is 1.97 bits per heavy atom. The van der Waals surface area contributed by atoms with Crippen LogP contribution in [0, 0.1) is 11.6 Å². The van der Waals surface area contributed by atoms with Crippen LogP contribution in [0.15, 0.2) is 47.5 Å². The highest BCUT2D eigenvalue weighted by atomic mass is 35.5. The largest absolute Gasteiger partial charge is 0.465 e. The minimum absolute atomic E-state index is 0.0176. The number of fused-ring (bicyclic) bond motifs is 1. The van der Waals surface area contributed by atoms with Crippen LogP contribution in [-0.4, -0.2) is 42.1 Å². The van der Waals surface area contributed by atoms with Gasteiger partial charge in [-0.15, -0.1) is 0 Å². The van der Waals surface area contributed by atoms with E-state index in [0.29, 0.717) is 25.3 Å². The van der Waals surface area contributed by atoms with Crippen LogP contribution in [0.5, 0.6) is 11.5 Å². The van der Waals surface area contributed by atoms with Gasteiger partial charge in [-0.25, -0.2) is 17.2 Å². The van der Waals surface area contributed by atoms with Gasteiger partial charge in [-0.3, -0.25) is 9.48 Å². The molecule has 12 heteroatoms. The number of esters is 1. The van der Waals surface area contributed by atoms with Crippen LogP contribution in [0.1, 0.15) is 37.1 Å². The van der Waals surface area contributed by atoms with Crippen LogP contribution < -0.4 is 4.74 Å². The van der Waals surface area contributed by atoms with E-state index in [1.54, 1.807) is 17.8 Å². The highest BCUT2D eigenvalue weighted by Gasteiger charge is 2.34. The molecule has 0 saturated heterocycles. The standard InChI is InChI=1S/C24H24ClF2N3O5S/c1-3-34-24(31)14-30-21-6-4-5-20(17(21)13-28-30)29(2)36(32,33)16-8-10-22(18(25)12-16)35-23-9-7-15(26)11-19(23)27/h7-13,20H,3-6,14H2,1-2H3/t20-/m1/s1. The number of nitrogens with zero attached hydrogens (tertiary/aromatic N) is 3. The first-order chi connectivity index (χ1) is 17.1. The summed E-state index contributed by atoms with van der Waals surface area (Å²) in [6.45, 7) is 1.94. The van der Waals surface area contributed by atoms with Crippen LogP contribution in [-0.2, 0) is 32.5 Å². The van der Waals surface area contributed by atoms with Crippen molar-refractivity contribution in [3.05, 3.63) is 70.5 Å². The second-order valence-corrected chi connectivity index (χ2v) is 10.6. The lowest BCUT2D eigenvalue weighted by Crippen LogP contribution is -2.33. The zero-order chi connectivity index (χ0) is 26.0. The first-order valence-electron chi connectivity index (χ1n) is 11.2. The molecule has 2 aromatic carbocycles. The van der Waals surface area contributed by atoms with E-state index in [1.807, 2.05) is 0 Å². The van der Waals surface area contributed by atoms with Gasteiger partial charge >= 0.3 is 5.97 Å². The van der Waals surface area contributed by atoms with Crippen LogP contribution in [0.4, 0.5) is 8.78 Å². The average molecular weight is 540 g/mol. The molecule has 36 heavy (non-hydrogen) atoms. The molecule has 0 spiro atoms. The van der Waals surface area contributed by atoms with Gasteiger partial charge in [0.15, 0.2) is 11.6 Å².